The molecule has 1 aliphatic rings. The van der Waals surface area contributed by atoms with Crippen molar-refractivity contribution in [1.29, 1.82) is 0 Å². The minimum absolute atomic E-state index is 0.0188. The Balaban J connectivity index is 1.71. The van der Waals surface area contributed by atoms with Crippen molar-refractivity contribution in [1.82, 2.24) is 0 Å². The average Bonchev–Trinajstić information content (AvgIpc) is 3.20. The largest absolute Gasteiger partial charge is 0.396 e. The summed E-state index contributed by atoms with van der Waals surface area (Å²) in [5.41, 5.74) is 4.24. The van der Waals surface area contributed by atoms with Crippen LogP contribution in [-0.4, -0.2) is 18.3 Å². The smallest absolute Gasteiger partial charge is 0.110 e. The van der Waals surface area contributed by atoms with E-state index in [4.69, 9.17) is 4.74 Å². The van der Waals surface area contributed by atoms with Gasteiger partial charge in [-0.25, -0.2) is 0 Å². The lowest BCUT2D eigenvalue weighted by molar-refractivity contribution is -0.00211. The zero-order valence-corrected chi connectivity index (χ0v) is 16.7. The van der Waals surface area contributed by atoms with Crippen LogP contribution in [-0.2, 0) is 10.3 Å². The van der Waals surface area contributed by atoms with Gasteiger partial charge in [0.2, 0.25) is 0 Å². The van der Waals surface area contributed by atoms with Crippen LogP contribution in [0.25, 0.3) is 11.1 Å². The molecule has 1 saturated heterocycles. The molecule has 1 fully saturated rings. The highest BCUT2D eigenvalue weighted by atomic mass is 79.9. The number of halogens is 1. The second kappa shape index (κ2) is 7.97. The van der Waals surface area contributed by atoms with Gasteiger partial charge in [0.05, 0.1) is 11.4 Å². The minimum Gasteiger partial charge on any atom is -0.396 e. The van der Waals surface area contributed by atoms with E-state index in [2.05, 4.69) is 76.6 Å². The number of aliphatic hydroxyl groups is 1. The van der Waals surface area contributed by atoms with Gasteiger partial charge in [0.1, 0.15) is 5.60 Å². The highest BCUT2D eigenvalue weighted by molar-refractivity contribution is 9.09. The molecule has 1 aliphatic heterocycles. The first-order chi connectivity index (χ1) is 13.2. The molecular weight excluding hydrogens is 400 g/mol. The van der Waals surface area contributed by atoms with E-state index in [0.717, 1.165) is 12.0 Å². The number of hydrogen-bond donors (Lipinski definition) is 1. The summed E-state index contributed by atoms with van der Waals surface area (Å²) in [7, 11) is 0. The first-order valence-corrected chi connectivity index (χ1v) is 10.2. The van der Waals surface area contributed by atoms with Crippen LogP contribution in [0.4, 0.5) is 0 Å². The highest BCUT2D eigenvalue weighted by Gasteiger charge is 2.47. The Bertz CT molecular complexity index is 864. The first-order valence-electron chi connectivity index (χ1n) is 9.33. The van der Waals surface area contributed by atoms with Crippen LogP contribution >= 0.6 is 15.9 Å². The van der Waals surface area contributed by atoms with E-state index in [0.29, 0.717) is 6.61 Å². The molecular formula is C24H23BrO2. The molecule has 2 nitrogen and oxygen atoms in total. The summed E-state index contributed by atoms with van der Waals surface area (Å²) >= 11 is 3.92. The Morgan fingerprint density at radius 1 is 0.889 bits per heavy atom. The van der Waals surface area contributed by atoms with Crippen LogP contribution in [0.1, 0.15) is 22.4 Å². The number of ether oxygens (including phenoxy) is 1. The molecule has 4 rings (SSSR count). The Morgan fingerprint density at radius 3 is 2.07 bits per heavy atom. The zero-order valence-electron chi connectivity index (χ0n) is 15.1. The lowest BCUT2D eigenvalue weighted by Crippen LogP contribution is -2.30. The van der Waals surface area contributed by atoms with E-state index in [9.17, 15) is 5.11 Å². The van der Waals surface area contributed by atoms with Crippen molar-refractivity contribution in [2.75, 3.05) is 13.2 Å². The topological polar surface area (TPSA) is 29.5 Å². The quantitative estimate of drug-likeness (QED) is 0.533. The van der Waals surface area contributed by atoms with E-state index >= 15 is 0 Å². The van der Waals surface area contributed by atoms with Gasteiger partial charge < -0.3 is 9.84 Å². The van der Waals surface area contributed by atoms with E-state index in [-0.39, 0.29) is 17.4 Å². The molecule has 0 bridgehead atoms. The van der Waals surface area contributed by atoms with Crippen LogP contribution in [0.3, 0.4) is 0 Å². The normalized spacial score (nSPS) is 23.3. The van der Waals surface area contributed by atoms with Gasteiger partial charge in [-0.05, 0) is 28.7 Å². The first kappa shape index (κ1) is 18.4. The van der Waals surface area contributed by atoms with Crippen LogP contribution in [0.5, 0.6) is 0 Å². The molecule has 1 unspecified atom stereocenters. The summed E-state index contributed by atoms with van der Waals surface area (Å²) in [6.45, 7) is 0.726. The predicted octanol–water partition coefficient (Wildman–Crippen LogP) is 5.71. The summed E-state index contributed by atoms with van der Waals surface area (Å²) in [5.74, 6) is 0.155. The fourth-order valence-electron chi connectivity index (χ4n) is 3.92. The average molecular weight is 423 g/mol. The van der Waals surface area contributed by atoms with Crippen molar-refractivity contribution in [3.8, 4) is 11.1 Å². The van der Waals surface area contributed by atoms with Gasteiger partial charge in [0, 0.05) is 12.5 Å². The standard InChI is InChI=1S/C24H23BrO2/c25-23(21-9-5-2-6-10-21)24(15-18(16-26)17-27-24)22-13-11-20(12-14-22)19-7-3-1-4-8-19/h1-14,18,23,26H,15-17H2/t18-,23?,24-/m1/s1. The molecule has 0 amide bonds. The van der Waals surface area contributed by atoms with Crippen molar-refractivity contribution in [2.45, 2.75) is 16.8 Å². The molecule has 1 heterocycles. The second-order valence-corrected chi connectivity index (χ2v) is 8.09. The maximum Gasteiger partial charge on any atom is 0.110 e. The summed E-state index contributed by atoms with van der Waals surface area (Å²) in [4.78, 5) is 0.0188. The number of benzene rings is 3. The molecule has 3 atom stereocenters. The minimum atomic E-state index is -0.482. The summed E-state index contributed by atoms with van der Waals surface area (Å²) in [6.07, 6.45) is 0.791. The van der Waals surface area contributed by atoms with Crippen molar-refractivity contribution in [3.05, 3.63) is 96.1 Å². The SMILES string of the molecule is OC[C@@H]1CO[C@](c2ccc(-c3ccccc3)cc2)(C(Br)c2ccccc2)C1. The Hall–Kier alpha value is -1.94. The summed E-state index contributed by atoms with van der Waals surface area (Å²) < 4.78 is 6.39. The monoisotopic (exact) mass is 422 g/mol. The Labute approximate surface area is 169 Å². The molecule has 0 spiro atoms. The maximum atomic E-state index is 9.69. The van der Waals surface area contributed by atoms with E-state index in [1.165, 1.54) is 16.7 Å². The molecule has 1 N–H and O–H groups in total. The van der Waals surface area contributed by atoms with E-state index in [1.54, 1.807) is 0 Å². The lowest BCUT2D eigenvalue weighted by atomic mass is 9.82. The summed E-state index contributed by atoms with van der Waals surface area (Å²) in [5, 5.41) is 9.69. The molecule has 3 aromatic carbocycles. The molecule has 138 valence electrons. The molecule has 0 aromatic heterocycles. The van der Waals surface area contributed by atoms with Crippen molar-refractivity contribution >= 4 is 15.9 Å². The van der Waals surface area contributed by atoms with E-state index in [1.807, 2.05) is 24.3 Å². The van der Waals surface area contributed by atoms with Crippen molar-refractivity contribution < 1.29 is 9.84 Å². The lowest BCUT2D eigenvalue weighted by Gasteiger charge is -2.34. The highest BCUT2D eigenvalue weighted by Crippen LogP contribution is 2.52. The van der Waals surface area contributed by atoms with Crippen LogP contribution in [0, 0.1) is 5.92 Å². The van der Waals surface area contributed by atoms with Gasteiger partial charge in [-0.1, -0.05) is 101 Å². The third-order valence-electron chi connectivity index (χ3n) is 5.41. The van der Waals surface area contributed by atoms with Gasteiger partial charge >= 0.3 is 0 Å². The second-order valence-electron chi connectivity index (χ2n) is 7.17. The van der Waals surface area contributed by atoms with Crippen LogP contribution < -0.4 is 0 Å². The Kier molecular flexibility index (Phi) is 5.44. The number of rotatable bonds is 5. The van der Waals surface area contributed by atoms with E-state index < -0.39 is 5.60 Å². The van der Waals surface area contributed by atoms with Crippen LogP contribution in [0.2, 0.25) is 0 Å². The fraction of sp³-hybridized carbons (Fsp3) is 0.250. The van der Waals surface area contributed by atoms with Crippen LogP contribution in [0.15, 0.2) is 84.9 Å². The molecule has 3 aromatic rings. The molecule has 0 saturated carbocycles. The molecule has 27 heavy (non-hydrogen) atoms. The third kappa shape index (κ3) is 3.60. The van der Waals surface area contributed by atoms with Crippen molar-refractivity contribution in [2.24, 2.45) is 5.92 Å². The number of aliphatic hydroxyl groups excluding tert-OH is 1. The van der Waals surface area contributed by atoms with Gasteiger partial charge in [-0.15, -0.1) is 0 Å². The third-order valence-corrected chi connectivity index (χ3v) is 6.68. The maximum absolute atomic E-state index is 9.69. The molecule has 0 aliphatic carbocycles. The molecule has 0 radical (unpaired) electrons. The van der Waals surface area contributed by atoms with Crippen molar-refractivity contribution in [3.63, 3.8) is 0 Å². The number of alkyl halides is 1. The van der Waals surface area contributed by atoms with Gasteiger partial charge in [-0.2, -0.15) is 0 Å². The van der Waals surface area contributed by atoms with Gasteiger partial charge in [0.15, 0.2) is 0 Å². The number of hydrogen-bond acceptors (Lipinski definition) is 2. The Morgan fingerprint density at radius 2 is 1.48 bits per heavy atom. The molecule has 3 heteroatoms. The van der Waals surface area contributed by atoms with Gasteiger partial charge in [-0.3, -0.25) is 0 Å². The summed E-state index contributed by atoms with van der Waals surface area (Å²) in [6, 6.07) is 29.4. The predicted molar refractivity (Wildman–Crippen MR) is 113 cm³/mol. The van der Waals surface area contributed by atoms with Gasteiger partial charge in [0.25, 0.3) is 0 Å². The fourth-order valence-corrected chi connectivity index (χ4v) is 4.81. The zero-order chi connectivity index (χ0) is 18.7.